The molecule has 0 saturated carbocycles. The quantitative estimate of drug-likeness (QED) is 0.786. The highest BCUT2D eigenvalue weighted by Crippen LogP contribution is 2.29. The third kappa shape index (κ3) is 5.22. The van der Waals surface area contributed by atoms with Crippen molar-refractivity contribution in [1.29, 1.82) is 0 Å². The minimum absolute atomic E-state index is 0.696. The first-order valence-corrected chi connectivity index (χ1v) is 8.41. The van der Waals surface area contributed by atoms with Crippen molar-refractivity contribution in [3.63, 3.8) is 0 Å². The number of nitrogens with one attached hydrogen (secondary N) is 1. The summed E-state index contributed by atoms with van der Waals surface area (Å²) in [6.45, 7) is 10.8. The van der Waals surface area contributed by atoms with Crippen LogP contribution >= 0.6 is 11.8 Å². The number of hydrogen-bond acceptors (Lipinski definition) is 2. The summed E-state index contributed by atoms with van der Waals surface area (Å²) >= 11 is 1.83. The number of aryl methyl sites for hydroxylation is 2. The molecule has 2 rings (SSSR count). The first kappa shape index (κ1) is 16.1. The summed E-state index contributed by atoms with van der Waals surface area (Å²) in [5.74, 6) is 0.696. The molecular weight excluding hydrogens is 274 g/mol. The Morgan fingerprint density at radius 1 is 1.00 bits per heavy atom. The topological polar surface area (TPSA) is 12.0 Å². The predicted octanol–water partition coefficient (Wildman–Crippen LogP) is 5.20. The van der Waals surface area contributed by atoms with E-state index in [-0.39, 0.29) is 0 Å². The molecule has 2 heteroatoms. The van der Waals surface area contributed by atoms with Crippen molar-refractivity contribution >= 4 is 11.8 Å². The fourth-order valence-corrected chi connectivity index (χ4v) is 3.28. The Morgan fingerprint density at radius 3 is 2.43 bits per heavy atom. The molecular formula is C19H25NS. The Labute approximate surface area is 133 Å². The zero-order valence-electron chi connectivity index (χ0n) is 13.4. The molecule has 0 aliphatic carbocycles. The predicted molar refractivity (Wildman–Crippen MR) is 93.0 cm³/mol. The van der Waals surface area contributed by atoms with Gasteiger partial charge >= 0.3 is 0 Å². The first-order chi connectivity index (χ1) is 10.0. The molecule has 0 fully saturated rings. The van der Waals surface area contributed by atoms with Crippen LogP contribution in [0.15, 0.2) is 52.3 Å². The van der Waals surface area contributed by atoms with Gasteiger partial charge in [0.2, 0.25) is 0 Å². The highest BCUT2D eigenvalue weighted by Gasteiger charge is 2.03. The highest BCUT2D eigenvalue weighted by molar-refractivity contribution is 7.99. The summed E-state index contributed by atoms with van der Waals surface area (Å²) < 4.78 is 0. The third-order valence-corrected chi connectivity index (χ3v) is 4.39. The smallest absolute Gasteiger partial charge is 0.0208 e. The second kappa shape index (κ2) is 7.67. The molecule has 0 bridgehead atoms. The van der Waals surface area contributed by atoms with Gasteiger partial charge in [0.05, 0.1) is 0 Å². The van der Waals surface area contributed by atoms with Crippen molar-refractivity contribution in [2.24, 2.45) is 5.92 Å². The fourth-order valence-electron chi connectivity index (χ4n) is 2.24. The summed E-state index contributed by atoms with van der Waals surface area (Å²) in [4.78, 5) is 2.62. The highest BCUT2D eigenvalue weighted by atomic mass is 32.2. The van der Waals surface area contributed by atoms with E-state index in [4.69, 9.17) is 0 Å². The summed E-state index contributed by atoms with van der Waals surface area (Å²) in [7, 11) is 0. The number of hydrogen-bond donors (Lipinski definition) is 1. The minimum atomic E-state index is 0.696. The van der Waals surface area contributed by atoms with E-state index in [1.807, 2.05) is 11.8 Å². The molecule has 0 aliphatic rings. The lowest BCUT2D eigenvalue weighted by Gasteiger charge is -2.11. The average Bonchev–Trinajstić information content (AvgIpc) is 2.41. The van der Waals surface area contributed by atoms with Gasteiger partial charge in [0.1, 0.15) is 0 Å². The van der Waals surface area contributed by atoms with Crippen molar-refractivity contribution in [2.45, 2.75) is 44.0 Å². The molecule has 0 saturated heterocycles. The van der Waals surface area contributed by atoms with Crippen molar-refractivity contribution < 1.29 is 0 Å². The zero-order valence-corrected chi connectivity index (χ0v) is 14.3. The van der Waals surface area contributed by atoms with E-state index in [9.17, 15) is 0 Å². The van der Waals surface area contributed by atoms with Crippen molar-refractivity contribution in [3.05, 3.63) is 59.2 Å². The SMILES string of the molecule is Cc1cccc(Sc2ccc(CNCC(C)C)c(C)c2)c1. The molecule has 112 valence electrons. The van der Waals surface area contributed by atoms with E-state index < -0.39 is 0 Å². The lowest BCUT2D eigenvalue weighted by molar-refractivity contribution is 0.551. The van der Waals surface area contributed by atoms with Gasteiger partial charge in [-0.3, -0.25) is 0 Å². The van der Waals surface area contributed by atoms with E-state index in [1.165, 1.54) is 26.5 Å². The van der Waals surface area contributed by atoms with E-state index in [1.54, 1.807) is 0 Å². The molecule has 0 heterocycles. The maximum Gasteiger partial charge on any atom is 0.0208 e. The summed E-state index contributed by atoms with van der Waals surface area (Å²) in [6.07, 6.45) is 0. The van der Waals surface area contributed by atoms with Gasteiger partial charge < -0.3 is 5.32 Å². The van der Waals surface area contributed by atoms with Gasteiger partial charge in [0.25, 0.3) is 0 Å². The van der Waals surface area contributed by atoms with Gasteiger partial charge in [-0.2, -0.15) is 0 Å². The third-order valence-electron chi connectivity index (χ3n) is 3.41. The van der Waals surface area contributed by atoms with Gasteiger partial charge in [-0.05, 0) is 61.7 Å². The molecule has 0 amide bonds. The summed E-state index contributed by atoms with van der Waals surface area (Å²) in [6, 6.07) is 15.4. The Balaban J connectivity index is 2.01. The largest absolute Gasteiger partial charge is 0.312 e. The normalized spacial score (nSPS) is 11.1. The zero-order chi connectivity index (χ0) is 15.2. The molecule has 1 nitrogen and oxygen atoms in total. The van der Waals surface area contributed by atoms with Crippen LogP contribution < -0.4 is 5.32 Å². The molecule has 2 aromatic carbocycles. The van der Waals surface area contributed by atoms with Crippen molar-refractivity contribution in [3.8, 4) is 0 Å². The molecule has 1 N–H and O–H groups in total. The molecule has 0 aliphatic heterocycles. The minimum Gasteiger partial charge on any atom is -0.312 e. The van der Waals surface area contributed by atoms with E-state index >= 15 is 0 Å². The van der Waals surface area contributed by atoms with Crippen LogP contribution in [0.5, 0.6) is 0 Å². The Morgan fingerprint density at radius 2 is 1.76 bits per heavy atom. The second-order valence-corrected chi connectivity index (χ2v) is 7.18. The van der Waals surface area contributed by atoms with E-state index in [0.29, 0.717) is 5.92 Å². The van der Waals surface area contributed by atoms with E-state index in [2.05, 4.69) is 75.5 Å². The maximum atomic E-state index is 3.51. The molecule has 0 spiro atoms. The van der Waals surface area contributed by atoms with Crippen LogP contribution in [0.4, 0.5) is 0 Å². The average molecular weight is 299 g/mol. The molecule has 21 heavy (non-hydrogen) atoms. The van der Waals surface area contributed by atoms with Crippen molar-refractivity contribution in [2.75, 3.05) is 6.54 Å². The van der Waals surface area contributed by atoms with Crippen LogP contribution in [0, 0.1) is 19.8 Å². The maximum absolute atomic E-state index is 3.51. The van der Waals surface area contributed by atoms with Gasteiger partial charge in [0.15, 0.2) is 0 Å². The van der Waals surface area contributed by atoms with Crippen LogP contribution in [0.1, 0.15) is 30.5 Å². The standard InChI is InChI=1S/C19H25NS/c1-14(2)12-20-13-17-8-9-19(11-16(17)4)21-18-7-5-6-15(3)10-18/h5-11,14,20H,12-13H2,1-4H3. The molecule has 0 atom stereocenters. The van der Waals surface area contributed by atoms with Gasteiger partial charge in [-0.1, -0.05) is 49.4 Å². The molecule has 0 aromatic heterocycles. The Kier molecular flexibility index (Phi) is 5.89. The summed E-state index contributed by atoms with van der Waals surface area (Å²) in [5, 5.41) is 3.51. The molecule has 0 radical (unpaired) electrons. The number of rotatable bonds is 6. The van der Waals surface area contributed by atoms with Crippen LogP contribution in [-0.2, 0) is 6.54 Å². The number of benzene rings is 2. The second-order valence-electron chi connectivity index (χ2n) is 6.03. The lowest BCUT2D eigenvalue weighted by Crippen LogP contribution is -2.19. The summed E-state index contributed by atoms with van der Waals surface area (Å²) in [5.41, 5.74) is 4.07. The lowest BCUT2D eigenvalue weighted by atomic mass is 10.1. The van der Waals surface area contributed by atoms with Gasteiger partial charge in [0, 0.05) is 16.3 Å². The van der Waals surface area contributed by atoms with Crippen LogP contribution in [0.3, 0.4) is 0 Å². The molecule has 0 unspecified atom stereocenters. The fraction of sp³-hybridized carbons (Fsp3) is 0.368. The van der Waals surface area contributed by atoms with Crippen LogP contribution in [0.25, 0.3) is 0 Å². The van der Waals surface area contributed by atoms with Gasteiger partial charge in [-0.25, -0.2) is 0 Å². The first-order valence-electron chi connectivity index (χ1n) is 7.59. The Hall–Kier alpha value is -1.25. The van der Waals surface area contributed by atoms with E-state index in [0.717, 1.165) is 13.1 Å². The monoisotopic (exact) mass is 299 g/mol. The van der Waals surface area contributed by atoms with Crippen molar-refractivity contribution in [1.82, 2.24) is 5.32 Å². The Bertz CT molecular complexity index is 590. The van der Waals surface area contributed by atoms with Gasteiger partial charge in [-0.15, -0.1) is 0 Å². The van der Waals surface area contributed by atoms with Crippen LogP contribution in [0.2, 0.25) is 0 Å². The molecule has 2 aromatic rings. The van der Waals surface area contributed by atoms with Crippen LogP contribution in [-0.4, -0.2) is 6.54 Å².